The van der Waals surface area contributed by atoms with Crippen molar-refractivity contribution in [1.82, 2.24) is 4.72 Å². The highest BCUT2D eigenvalue weighted by Crippen LogP contribution is 2.34. The van der Waals surface area contributed by atoms with Gasteiger partial charge < -0.3 is 19.5 Å². The fraction of sp³-hybridized carbons (Fsp3) is 0.286. The van der Waals surface area contributed by atoms with Gasteiger partial charge in [-0.05, 0) is 37.6 Å². The molecule has 0 spiro atoms. The summed E-state index contributed by atoms with van der Waals surface area (Å²) in [5.74, 6) is 0.354. The molecule has 1 amide bonds. The van der Waals surface area contributed by atoms with Crippen LogP contribution < -0.4 is 19.5 Å². The number of nitrogens with one attached hydrogen (secondary N) is 2. The standard InChI is InChI=1S/C21H21N3O7S/c1-13(21(26)23-14-8-9-16-17(11-14)30-12-29-16)31-19(25)7-4-10-22-20-15-5-2-3-6-18(15)32(27,28)24-20/h2-3,5-6,8-9,11,13H,4,7,10,12H2,1H3,(H,22,24)(H,23,26). The lowest BCUT2D eigenvalue weighted by Crippen LogP contribution is -2.30. The van der Waals surface area contributed by atoms with Crippen LogP contribution in [0.1, 0.15) is 25.3 Å². The number of hydrogen-bond acceptors (Lipinski definition) is 8. The number of nitrogens with zero attached hydrogens (tertiary/aromatic N) is 1. The van der Waals surface area contributed by atoms with Crippen molar-refractivity contribution in [2.75, 3.05) is 18.7 Å². The Morgan fingerprint density at radius 3 is 2.81 bits per heavy atom. The molecule has 11 heteroatoms. The van der Waals surface area contributed by atoms with E-state index in [2.05, 4.69) is 15.0 Å². The molecule has 2 heterocycles. The number of carbonyl (C=O) groups is 2. The summed E-state index contributed by atoms with van der Waals surface area (Å²) in [5, 5.41) is 2.66. The third-order valence-corrected chi connectivity index (χ3v) is 6.19. The zero-order chi connectivity index (χ0) is 22.7. The molecule has 168 valence electrons. The van der Waals surface area contributed by atoms with E-state index >= 15 is 0 Å². The Balaban J connectivity index is 1.24. The van der Waals surface area contributed by atoms with Gasteiger partial charge in [-0.3, -0.25) is 19.3 Å². The van der Waals surface area contributed by atoms with E-state index in [1.165, 1.54) is 13.0 Å². The first-order valence-electron chi connectivity index (χ1n) is 9.90. The number of hydrogen-bond donors (Lipinski definition) is 2. The smallest absolute Gasteiger partial charge is 0.306 e. The second-order valence-corrected chi connectivity index (χ2v) is 8.78. The predicted molar refractivity (Wildman–Crippen MR) is 114 cm³/mol. The second kappa shape index (κ2) is 8.87. The van der Waals surface area contributed by atoms with Crippen LogP contribution in [-0.4, -0.2) is 45.6 Å². The normalized spacial score (nSPS) is 17.3. The Hall–Kier alpha value is -3.60. The van der Waals surface area contributed by atoms with Crippen LogP contribution in [0.2, 0.25) is 0 Å². The quantitative estimate of drug-likeness (QED) is 0.477. The van der Waals surface area contributed by atoms with Crippen molar-refractivity contribution in [2.24, 2.45) is 4.99 Å². The van der Waals surface area contributed by atoms with Crippen molar-refractivity contribution in [1.29, 1.82) is 0 Å². The topological polar surface area (TPSA) is 132 Å². The maximum Gasteiger partial charge on any atom is 0.306 e. The van der Waals surface area contributed by atoms with E-state index in [-0.39, 0.29) is 30.5 Å². The number of carbonyl (C=O) groups excluding carboxylic acids is 2. The summed E-state index contributed by atoms with van der Waals surface area (Å²) < 4.78 is 42.2. The number of ether oxygens (including phenoxy) is 3. The van der Waals surface area contributed by atoms with Crippen molar-refractivity contribution in [3.8, 4) is 11.5 Å². The van der Waals surface area contributed by atoms with Gasteiger partial charge in [0.2, 0.25) is 6.79 Å². The van der Waals surface area contributed by atoms with E-state index in [0.717, 1.165) is 0 Å². The van der Waals surface area contributed by atoms with Gasteiger partial charge in [-0.2, -0.15) is 0 Å². The maximum absolute atomic E-state index is 12.3. The zero-order valence-corrected chi connectivity index (χ0v) is 18.0. The van der Waals surface area contributed by atoms with E-state index < -0.39 is 28.0 Å². The average molecular weight is 459 g/mol. The molecule has 2 aromatic carbocycles. The minimum absolute atomic E-state index is 0.0345. The van der Waals surface area contributed by atoms with Crippen LogP contribution in [0.3, 0.4) is 0 Å². The van der Waals surface area contributed by atoms with Crippen molar-refractivity contribution < 1.29 is 32.2 Å². The summed E-state index contributed by atoms with van der Waals surface area (Å²) >= 11 is 0. The van der Waals surface area contributed by atoms with E-state index in [9.17, 15) is 18.0 Å². The van der Waals surface area contributed by atoms with Crippen molar-refractivity contribution in [3.05, 3.63) is 48.0 Å². The Labute approximate surface area is 184 Å². The molecule has 0 bridgehead atoms. The molecule has 4 rings (SSSR count). The molecular formula is C21H21N3O7S. The summed E-state index contributed by atoms with van der Waals surface area (Å²) in [5.41, 5.74) is 1.00. The molecule has 0 aliphatic carbocycles. The van der Waals surface area contributed by atoms with Crippen molar-refractivity contribution in [3.63, 3.8) is 0 Å². The van der Waals surface area contributed by atoms with E-state index in [1.807, 2.05) is 0 Å². The molecule has 0 saturated carbocycles. The van der Waals surface area contributed by atoms with Crippen LogP contribution in [0.25, 0.3) is 0 Å². The fourth-order valence-electron chi connectivity index (χ4n) is 3.19. The molecule has 2 aromatic rings. The average Bonchev–Trinajstić information content (AvgIpc) is 3.33. The van der Waals surface area contributed by atoms with E-state index in [1.54, 1.807) is 36.4 Å². The third kappa shape index (κ3) is 4.67. The van der Waals surface area contributed by atoms with Gasteiger partial charge in [0.25, 0.3) is 15.9 Å². The summed E-state index contributed by atoms with van der Waals surface area (Å²) in [4.78, 5) is 28.8. The van der Waals surface area contributed by atoms with Crippen LogP contribution in [0, 0.1) is 0 Å². The van der Waals surface area contributed by atoms with Crippen LogP contribution in [0.15, 0.2) is 52.4 Å². The minimum atomic E-state index is -3.59. The first kappa shape index (κ1) is 21.6. The van der Waals surface area contributed by atoms with Gasteiger partial charge in [0.05, 0.1) is 4.90 Å². The highest BCUT2D eigenvalue weighted by molar-refractivity contribution is 7.90. The Morgan fingerprint density at radius 1 is 1.19 bits per heavy atom. The van der Waals surface area contributed by atoms with Gasteiger partial charge in [0.15, 0.2) is 17.6 Å². The number of esters is 1. The molecule has 0 aromatic heterocycles. The van der Waals surface area contributed by atoms with E-state index in [0.29, 0.717) is 29.2 Å². The molecule has 10 nitrogen and oxygen atoms in total. The van der Waals surface area contributed by atoms with E-state index in [4.69, 9.17) is 14.2 Å². The van der Waals surface area contributed by atoms with Crippen molar-refractivity contribution in [2.45, 2.75) is 30.8 Å². The first-order chi connectivity index (χ1) is 15.3. The molecule has 32 heavy (non-hydrogen) atoms. The molecule has 0 saturated heterocycles. The fourth-order valence-corrected chi connectivity index (χ4v) is 4.44. The predicted octanol–water partition coefficient (Wildman–Crippen LogP) is 1.80. The minimum Gasteiger partial charge on any atom is -0.454 e. The SMILES string of the molecule is CC(OC(=O)CCCN=C1NS(=O)(=O)c2ccccc21)C(=O)Nc1ccc2c(c1)OCO2. The number of sulfonamides is 1. The van der Waals surface area contributed by atoms with Crippen LogP contribution in [0.4, 0.5) is 5.69 Å². The number of aliphatic imine (C=N–C) groups is 1. The third-order valence-electron chi connectivity index (χ3n) is 4.79. The lowest BCUT2D eigenvalue weighted by molar-refractivity contribution is -0.153. The molecule has 0 radical (unpaired) electrons. The van der Waals surface area contributed by atoms with Crippen LogP contribution in [0.5, 0.6) is 11.5 Å². The number of benzene rings is 2. The molecule has 2 aliphatic rings. The molecule has 1 unspecified atom stereocenters. The first-order valence-corrected chi connectivity index (χ1v) is 11.4. The van der Waals surface area contributed by atoms with Gasteiger partial charge in [0.1, 0.15) is 5.84 Å². The van der Waals surface area contributed by atoms with Crippen molar-refractivity contribution >= 4 is 33.4 Å². The maximum atomic E-state index is 12.3. The summed E-state index contributed by atoms with van der Waals surface area (Å²) in [6, 6.07) is 11.5. The highest BCUT2D eigenvalue weighted by atomic mass is 32.2. The summed E-state index contributed by atoms with van der Waals surface area (Å²) in [6.07, 6.45) is -0.622. The number of rotatable bonds is 7. The zero-order valence-electron chi connectivity index (χ0n) is 17.2. The van der Waals surface area contributed by atoms with Gasteiger partial charge in [0, 0.05) is 30.3 Å². The summed E-state index contributed by atoms with van der Waals surface area (Å²) in [7, 11) is -3.59. The molecule has 2 N–H and O–H groups in total. The monoisotopic (exact) mass is 459 g/mol. The molecule has 0 fully saturated rings. The lowest BCUT2D eigenvalue weighted by atomic mass is 10.2. The molecule has 2 aliphatic heterocycles. The number of amides is 1. The number of amidine groups is 1. The van der Waals surface area contributed by atoms with Crippen LogP contribution in [-0.2, 0) is 24.3 Å². The van der Waals surface area contributed by atoms with Gasteiger partial charge in [-0.15, -0.1) is 0 Å². The summed E-state index contributed by atoms with van der Waals surface area (Å²) in [6.45, 7) is 1.83. The highest BCUT2D eigenvalue weighted by Gasteiger charge is 2.30. The van der Waals surface area contributed by atoms with Gasteiger partial charge >= 0.3 is 5.97 Å². The number of fused-ring (bicyclic) bond motifs is 2. The number of anilines is 1. The van der Waals surface area contributed by atoms with Gasteiger partial charge in [-0.1, -0.05) is 12.1 Å². The lowest BCUT2D eigenvalue weighted by Gasteiger charge is -2.13. The van der Waals surface area contributed by atoms with Gasteiger partial charge in [-0.25, -0.2) is 8.42 Å². The second-order valence-electron chi connectivity index (χ2n) is 7.12. The largest absolute Gasteiger partial charge is 0.454 e. The van der Waals surface area contributed by atoms with Crippen LogP contribution >= 0.6 is 0 Å². The Morgan fingerprint density at radius 2 is 1.97 bits per heavy atom. The Kier molecular flexibility index (Phi) is 5.99. The Bertz CT molecular complexity index is 1190. The molecule has 1 atom stereocenters. The molecular weight excluding hydrogens is 438 g/mol.